The smallest absolute Gasteiger partial charge is 0.336 e. The van der Waals surface area contributed by atoms with Crippen LogP contribution in [-0.4, -0.2) is 25.5 Å². The molecule has 1 N–H and O–H groups in total. The molecule has 1 atom stereocenters. The van der Waals surface area contributed by atoms with E-state index in [2.05, 4.69) is 67.6 Å². The number of hydrogen-bond acceptors (Lipinski definition) is 4. The topological polar surface area (TPSA) is 45.5 Å². The first-order chi connectivity index (χ1) is 14.6. The molecule has 0 spiro atoms. The van der Waals surface area contributed by atoms with Crippen LogP contribution in [0.5, 0.6) is 0 Å². The highest BCUT2D eigenvalue weighted by atomic mass is 16.4. The highest BCUT2D eigenvalue weighted by molar-refractivity contribution is 6.07. The molecule has 4 heteroatoms. The van der Waals surface area contributed by atoms with Gasteiger partial charge in [-0.2, -0.15) is 0 Å². The van der Waals surface area contributed by atoms with Crippen LogP contribution in [0, 0.1) is 0 Å². The van der Waals surface area contributed by atoms with E-state index in [1.807, 2.05) is 24.3 Å². The van der Waals surface area contributed by atoms with Gasteiger partial charge in [-0.05, 0) is 54.0 Å². The fraction of sp³-hybridized carbons (Fsp3) is 0.269. The molecule has 0 saturated heterocycles. The van der Waals surface area contributed by atoms with Crippen molar-refractivity contribution in [2.45, 2.75) is 25.9 Å². The van der Waals surface area contributed by atoms with Gasteiger partial charge in [-0.3, -0.25) is 0 Å². The largest absolute Gasteiger partial charge is 0.423 e. The van der Waals surface area contributed by atoms with Crippen LogP contribution in [0.15, 0.2) is 75.9 Å². The normalized spacial score (nSPS) is 12.7. The van der Waals surface area contributed by atoms with E-state index in [1.165, 1.54) is 11.1 Å². The zero-order valence-corrected chi connectivity index (χ0v) is 17.8. The lowest BCUT2D eigenvalue weighted by atomic mass is 10.0. The first-order valence-electron chi connectivity index (χ1n) is 10.5. The predicted molar refractivity (Wildman–Crippen MR) is 124 cm³/mol. The van der Waals surface area contributed by atoms with E-state index in [9.17, 15) is 4.79 Å². The lowest BCUT2D eigenvalue weighted by Gasteiger charge is -2.25. The molecular weight excluding hydrogens is 372 g/mol. The Labute approximate surface area is 177 Å². The van der Waals surface area contributed by atoms with E-state index in [1.54, 1.807) is 6.07 Å². The number of nitrogens with one attached hydrogen (secondary N) is 1. The second-order valence-electron chi connectivity index (χ2n) is 7.96. The quantitative estimate of drug-likeness (QED) is 0.354. The van der Waals surface area contributed by atoms with E-state index in [4.69, 9.17) is 4.42 Å². The Kier molecular flexibility index (Phi) is 5.98. The van der Waals surface area contributed by atoms with Gasteiger partial charge in [0.15, 0.2) is 0 Å². The molecule has 0 radical (unpaired) electrons. The molecule has 4 rings (SSSR count). The molecule has 0 aliphatic rings. The molecule has 1 aromatic heterocycles. The summed E-state index contributed by atoms with van der Waals surface area (Å²) in [5, 5.41) is 6.83. The number of hydrogen-bond donors (Lipinski definition) is 1. The summed E-state index contributed by atoms with van der Waals surface area (Å²) in [5.41, 5.74) is 3.93. The van der Waals surface area contributed by atoms with Crippen LogP contribution in [0.25, 0.3) is 21.7 Å². The van der Waals surface area contributed by atoms with E-state index < -0.39 is 0 Å². The Morgan fingerprint density at radius 2 is 1.77 bits per heavy atom. The second kappa shape index (κ2) is 8.82. The van der Waals surface area contributed by atoms with E-state index >= 15 is 0 Å². The molecule has 0 bridgehead atoms. The minimum absolute atomic E-state index is 0.249. The van der Waals surface area contributed by atoms with Crippen LogP contribution >= 0.6 is 0 Å². The molecule has 0 fully saturated rings. The first-order valence-corrected chi connectivity index (χ1v) is 10.5. The highest BCUT2D eigenvalue weighted by Crippen LogP contribution is 2.27. The van der Waals surface area contributed by atoms with Crippen LogP contribution in [-0.2, 0) is 13.0 Å². The van der Waals surface area contributed by atoms with Crippen molar-refractivity contribution in [2.75, 3.05) is 20.6 Å². The molecule has 30 heavy (non-hydrogen) atoms. The maximum atomic E-state index is 12.1. The van der Waals surface area contributed by atoms with Crippen molar-refractivity contribution in [3.05, 3.63) is 93.8 Å². The Morgan fingerprint density at radius 3 is 2.50 bits per heavy atom. The summed E-state index contributed by atoms with van der Waals surface area (Å²) in [6, 6.07) is 22.8. The number of fused-ring (bicyclic) bond motifs is 3. The van der Waals surface area contributed by atoms with E-state index in [0.717, 1.165) is 34.7 Å². The Hall–Kier alpha value is -2.95. The third-order valence-electron chi connectivity index (χ3n) is 5.76. The predicted octanol–water partition coefficient (Wildman–Crippen LogP) is 4.90. The summed E-state index contributed by atoms with van der Waals surface area (Å²) >= 11 is 0. The summed E-state index contributed by atoms with van der Waals surface area (Å²) in [6.45, 7) is 3.56. The van der Waals surface area contributed by atoms with Gasteiger partial charge in [0.1, 0.15) is 5.58 Å². The summed E-state index contributed by atoms with van der Waals surface area (Å²) in [7, 11) is 4.19. The van der Waals surface area contributed by atoms with Crippen LogP contribution in [0.4, 0.5) is 0 Å². The standard InChI is InChI=1S/C26H28N2O2/c1-4-18-9-11-20(12-10-18)23(28(2)3)17-27-16-21-15-25(29)30-24-14-13-19-7-5-6-8-22(19)26(21)24/h5-15,23,27H,4,16-17H2,1-3H3/t23-/m1/s1. The van der Waals surface area contributed by atoms with Gasteiger partial charge in [0.25, 0.3) is 0 Å². The molecule has 1 heterocycles. The first kappa shape index (κ1) is 20.3. The number of likely N-dealkylation sites (N-methyl/N-ethyl adjacent to an activating group) is 1. The SMILES string of the molecule is CCc1ccc([C@@H](CNCc2cc(=O)oc3ccc4ccccc4c23)N(C)C)cc1. The fourth-order valence-corrected chi connectivity index (χ4v) is 4.08. The third-order valence-corrected chi connectivity index (χ3v) is 5.76. The van der Waals surface area contributed by atoms with Crippen molar-refractivity contribution in [1.82, 2.24) is 10.2 Å². The third kappa shape index (κ3) is 4.16. The maximum Gasteiger partial charge on any atom is 0.336 e. The second-order valence-corrected chi connectivity index (χ2v) is 7.96. The van der Waals surface area contributed by atoms with Crippen LogP contribution in [0.2, 0.25) is 0 Å². The molecular formula is C26H28N2O2. The number of aryl methyl sites for hydroxylation is 1. The fourth-order valence-electron chi connectivity index (χ4n) is 4.08. The average Bonchev–Trinajstić information content (AvgIpc) is 2.76. The van der Waals surface area contributed by atoms with Gasteiger partial charge in [0.2, 0.25) is 0 Å². The van der Waals surface area contributed by atoms with Crippen molar-refractivity contribution in [2.24, 2.45) is 0 Å². The lowest BCUT2D eigenvalue weighted by Crippen LogP contribution is -2.31. The van der Waals surface area contributed by atoms with Crippen LogP contribution in [0.1, 0.15) is 29.7 Å². The highest BCUT2D eigenvalue weighted by Gasteiger charge is 2.15. The maximum absolute atomic E-state index is 12.1. The van der Waals surface area contributed by atoms with Crippen LogP contribution in [0.3, 0.4) is 0 Å². The average molecular weight is 401 g/mol. The van der Waals surface area contributed by atoms with Crippen molar-refractivity contribution in [3.63, 3.8) is 0 Å². The minimum atomic E-state index is -0.311. The zero-order chi connectivity index (χ0) is 21.1. The molecule has 154 valence electrons. The molecule has 0 aliphatic heterocycles. The minimum Gasteiger partial charge on any atom is -0.423 e. The summed E-state index contributed by atoms with van der Waals surface area (Å²) < 4.78 is 5.48. The Balaban J connectivity index is 1.60. The van der Waals surface area contributed by atoms with Gasteiger partial charge in [-0.1, -0.05) is 61.5 Å². The summed E-state index contributed by atoms with van der Waals surface area (Å²) in [5.74, 6) is 0. The zero-order valence-electron chi connectivity index (χ0n) is 17.8. The number of benzene rings is 3. The molecule has 0 aliphatic carbocycles. The summed E-state index contributed by atoms with van der Waals surface area (Å²) in [6.07, 6.45) is 1.04. The van der Waals surface area contributed by atoms with Crippen molar-refractivity contribution in [3.8, 4) is 0 Å². The van der Waals surface area contributed by atoms with Crippen molar-refractivity contribution in [1.29, 1.82) is 0 Å². The van der Waals surface area contributed by atoms with Crippen LogP contribution < -0.4 is 10.9 Å². The molecule has 4 aromatic rings. The van der Waals surface area contributed by atoms with Gasteiger partial charge >= 0.3 is 5.63 Å². The number of nitrogens with zero attached hydrogens (tertiary/aromatic N) is 1. The molecule has 0 saturated carbocycles. The van der Waals surface area contributed by atoms with Gasteiger partial charge in [0.05, 0.1) is 0 Å². The molecule has 0 amide bonds. The van der Waals surface area contributed by atoms with Gasteiger partial charge < -0.3 is 14.6 Å². The number of rotatable bonds is 7. The van der Waals surface area contributed by atoms with Crippen molar-refractivity contribution >= 4 is 21.7 Å². The Bertz CT molecular complexity index is 1210. The molecule has 0 unspecified atom stereocenters. The monoisotopic (exact) mass is 400 g/mol. The van der Waals surface area contributed by atoms with Gasteiger partial charge in [0, 0.05) is 30.6 Å². The molecule has 4 nitrogen and oxygen atoms in total. The van der Waals surface area contributed by atoms with E-state index in [-0.39, 0.29) is 11.7 Å². The van der Waals surface area contributed by atoms with Crippen molar-refractivity contribution < 1.29 is 4.42 Å². The van der Waals surface area contributed by atoms with E-state index in [0.29, 0.717) is 12.1 Å². The van der Waals surface area contributed by atoms with Gasteiger partial charge in [-0.15, -0.1) is 0 Å². The Morgan fingerprint density at radius 1 is 1.00 bits per heavy atom. The molecule has 3 aromatic carbocycles. The lowest BCUT2D eigenvalue weighted by molar-refractivity contribution is 0.288. The van der Waals surface area contributed by atoms with Gasteiger partial charge in [-0.25, -0.2) is 4.79 Å². The summed E-state index contributed by atoms with van der Waals surface area (Å²) in [4.78, 5) is 14.3.